The van der Waals surface area contributed by atoms with Crippen molar-refractivity contribution in [1.29, 1.82) is 0 Å². The van der Waals surface area contributed by atoms with E-state index in [0.29, 0.717) is 24.4 Å². The summed E-state index contributed by atoms with van der Waals surface area (Å²) in [7, 11) is 0. The van der Waals surface area contributed by atoms with Gasteiger partial charge in [0.15, 0.2) is 0 Å². The Hall–Kier alpha value is -1.84. The quantitative estimate of drug-likeness (QED) is 0.848. The molecule has 2 aromatic carbocycles. The fraction of sp³-hybridized carbons (Fsp3) is 0.455. The molecule has 0 spiro atoms. The van der Waals surface area contributed by atoms with E-state index in [1.165, 1.54) is 22.4 Å². The molecule has 3 nitrogen and oxygen atoms in total. The van der Waals surface area contributed by atoms with E-state index in [0.717, 1.165) is 12.8 Å². The highest BCUT2D eigenvalue weighted by atomic mass is 16.5. The Morgan fingerprint density at radius 1 is 1.12 bits per heavy atom. The van der Waals surface area contributed by atoms with Gasteiger partial charge < -0.3 is 15.8 Å². The summed E-state index contributed by atoms with van der Waals surface area (Å²) in [5, 5.41) is 3.80. The molecule has 132 valence electrons. The van der Waals surface area contributed by atoms with E-state index in [1.807, 2.05) is 0 Å². The number of benzene rings is 2. The second-order valence-corrected chi connectivity index (χ2v) is 7.69. The van der Waals surface area contributed by atoms with Crippen LogP contribution in [0.4, 0.5) is 5.69 Å². The van der Waals surface area contributed by atoms with Crippen LogP contribution in [0.5, 0.6) is 0 Å². The Morgan fingerprint density at radius 2 is 1.92 bits per heavy atom. The van der Waals surface area contributed by atoms with Crippen LogP contribution in [0.2, 0.25) is 0 Å². The van der Waals surface area contributed by atoms with E-state index in [1.54, 1.807) is 0 Å². The van der Waals surface area contributed by atoms with Gasteiger partial charge in [-0.3, -0.25) is 0 Å². The third kappa shape index (κ3) is 3.07. The molecule has 0 bridgehead atoms. The molecular formula is C22H28N2O. The average molecular weight is 336 g/mol. The topological polar surface area (TPSA) is 47.3 Å². The Kier molecular flexibility index (Phi) is 4.53. The first-order chi connectivity index (χ1) is 12.2. The normalized spacial score (nSPS) is 28.2. The first-order valence-electron chi connectivity index (χ1n) is 9.48. The molecule has 0 unspecified atom stereocenters. The number of nitrogens with two attached hydrogens (primary N) is 1. The number of hydrogen-bond donors (Lipinski definition) is 2. The average Bonchev–Trinajstić information content (AvgIpc) is 2.67. The smallest absolute Gasteiger partial charge is 0.0900 e. The lowest BCUT2D eigenvalue weighted by Gasteiger charge is -2.45. The van der Waals surface area contributed by atoms with Crippen molar-refractivity contribution in [3.63, 3.8) is 0 Å². The Morgan fingerprint density at radius 3 is 2.64 bits per heavy atom. The molecule has 3 heteroatoms. The molecule has 0 saturated carbocycles. The molecule has 0 aromatic heterocycles. The molecule has 0 amide bonds. The zero-order valence-corrected chi connectivity index (χ0v) is 15.1. The van der Waals surface area contributed by atoms with Gasteiger partial charge in [0.25, 0.3) is 0 Å². The minimum Gasteiger partial charge on any atom is -0.378 e. The molecule has 1 fully saturated rings. The van der Waals surface area contributed by atoms with E-state index in [9.17, 15) is 0 Å². The SMILES string of the molecule is CC(C)c1ccc2c(c1)[C@H]1O[C@@H](CN)CC[C@H]1[C@H](c1ccccc1)N2. The zero-order chi connectivity index (χ0) is 17.4. The highest BCUT2D eigenvalue weighted by Crippen LogP contribution is 2.50. The summed E-state index contributed by atoms with van der Waals surface area (Å²) in [4.78, 5) is 0. The minimum atomic E-state index is 0.127. The third-order valence-electron chi connectivity index (χ3n) is 5.76. The maximum absolute atomic E-state index is 6.49. The molecule has 0 radical (unpaired) electrons. The Labute approximate surface area is 150 Å². The lowest BCUT2D eigenvalue weighted by molar-refractivity contribution is -0.0887. The monoisotopic (exact) mass is 336 g/mol. The maximum Gasteiger partial charge on any atom is 0.0900 e. The van der Waals surface area contributed by atoms with Gasteiger partial charge in [-0.1, -0.05) is 56.3 Å². The maximum atomic E-state index is 6.49. The summed E-state index contributed by atoms with van der Waals surface area (Å²) >= 11 is 0. The molecule has 0 aliphatic carbocycles. The van der Waals surface area contributed by atoms with Crippen LogP contribution in [-0.4, -0.2) is 12.6 Å². The van der Waals surface area contributed by atoms with Gasteiger partial charge in [0.05, 0.1) is 18.2 Å². The summed E-state index contributed by atoms with van der Waals surface area (Å²) in [5.41, 5.74) is 11.2. The van der Waals surface area contributed by atoms with E-state index in [4.69, 9.17) is 10.5 Å². The van der Waals surface area contributed by atoms with Crippen molar-refractivity contribution in [1.82, 2.24) is 0 Å². The molecule has 4 atom stereocenters. The molecular weight excluding hydrogens is 308 g/mol. The van der Waals surface area contributed by atoms with Crippen molar-refractivity contribution in [2.24, 2.45) is 11.7 Å². The summed E-state index contributed by atoms with van der Waals surface area (Å²) in [6.45, 7) is 5.09. The summed E-state index contributed by atoms with van der Waals surface area (Å²) < 4.78 is 6.49. The van der Waals surface area contributed by atoms with Gasteiger partial charge in [0.2, 0.25) is 0 Å². The summed E-state index contributed by atoms with van der Waals surface area (Å²) in [5.74, 6) is 0.963. The standard InChI is InChI=1S/C22H28N2O/c1-14(2)16-8-11-20-19(12-16)22-18(10-9-17(13-23)25-22)21(24-20)15-6-4-3-5-7-15/h3-8,11-12,14,17-18,21-22,24H,9-10,13,23H2,1-2H3/t17-,18+,21+,22+/m1/s1. The van der Waals surface area contributed by atoms with Crippen LogP contribution in [0, 0.1) is 5.92 Å². The number of nitrogens with one attached hydrogen (secondary N) is 1. The largest absolute Gasteiger partial charge is 0.378 e. The van der Waals surface area contributed by atoms with Crippen LogP contribution in [0.1, 0.15) is 61.4 Å². The first-order valence-corrected chi connectivity index (χ1v) is 9.48. The predicted molar refractivity (Wildman–Crippen MR) is 103 cm³/mol. The van der Waals surface area contributed by atoms with Crippen LogP contribution >= 0.6 is 0 Å². The van der Waals surface area contributed by atoms with Gasteiger partial charge in [0, 0.05) is 23.7 Å². The number of rotatable bonds is 3. The van der Waals surface area contributed by atoms with Crippen LogP contribution < -0.4 is 11.1 Å². The molecule has 2 aromatic rings. The van der Waals surface area contributed by atoms with Crippen LogP contribution in [-0.2, 0) is 4.74 Å². The Bertz CT molecular complexity index is 728. The highest BCUT2D eigenvalue weighted by molar-refractivity contribution is 5.58. The van der Waals surface area contributed by atoms with E-state index in [-0.39, 0.29) is 12.2 Å². The number of ether oxygens (including phenoxy) is 1. The number of fused-ring (bicyclic) bond motifs is 3. The molecule has 2 heterocycles. The predicted octanol–water partition coefficient (Wildman–Crippen LogP) is 4.77. The van der Waals surface area contributed by atoms with Crippen molar-refractivity contribution < 1.29 is 4.74 Å². The molecule has 2 aliphatic heterocycles. The molecule has 25 heavy (non-hydrogen) atoms. The van der Waals surface area contributed by atoms with Crippen molar-refractivity contribution in [3.8, 4) is 0 Å². The van der Waals surface area contributed by atoms with Crippen LogP contribution in [0.15, 0.2) is 48.5 Å². The number of anilines is 1. The van der Waals surface area contributed by atoms with E-state index >= 15 is 0 Å². The number of hydrogen-bond acceptors (Lipinski definition) is 3. The van der Waals surface area contributed by atoms with Crippen LogP contribution in [0.25, 0.3) is 0 Å². The van der Waals surface area contributed by atoms with Crippen LogP contribution in [0.3, 0.4) is 0 Å². The molecule has 4 rings (SSSR count). The second-order valence-electron chi connectivity index (χ2n) is 7.69. The molecule has 3 N–H and O–H groups in total. The van der Waals surface area contributed by atoms with Gasteiger partial charge in [-0.2, -0.15) is 0 Å². The van der Waals surface area contributed by atoms with Gasteiger partial charge in [-0.25, -0.2) is 0 Å². The van der Waals surface area contributed by atoms with Crippen molar-refractivity contribution >= 4 is 5.69 Å². The third-order valence-corrected chi connectivity index (χ3v) is 5.76. The highest BCUT2D eigenvalue weighted by Gasteiger charge is 2.42. The fourth-order valence-corrected chi connectivity index (χ4v) is 4.30. The minimum absolute atomic E-state index is 0.127. The van der Waals surface area contributed by atoms with Crippen molar-refractivity contribution in [3.05, 3.63) is 65.2 Å². The van der Waals surface area contributed by atoms with Gasteiger partial charge in [0.1, 0.15) is 0 Å². The molecule has 2 aliphatic rings. The fourth-order valence-electron chi connectivity index (χ4n) is 4.30. The molecule has 1 saturated heterocycles. The lowest BCUT2D eigenvalue weighted by Crippen LogP contribution is -2.41. The van der Waals surface area contributed by atoms with Gasteiger partial charge in [-0.05, 0) is 36.0 Å². The summed E-state index contributed by atoms with van der Waals surface area (Å²) in [6, 6.07) is 17.9. The lowest BCUT2D eigenvalue weighted by atomic mass is 9.76. The van der Waals surface area contributed by atoms with E-state index in [2.05, 4.69) is 67.7 Å². The first kappa shape index (κ1) is 16.6. The van der Waals surface area contributed by atoms with E-state index < -0.39 is 0 Å². The van der Waals surface area contributed by atoms with Crippen molar-refractivity contribution in [2.75, 3.05) is 11.9 Å². The summed E-state index contributed by atoms with van der Waals surface area (Å²) in [6.07, 6.45) is 2.49. The van der Waals surface area contributed by atoms with Gasteiger partial charge in [-0.15, -0.1) is 0 Å². The van der Waals surface area contributed by atoms with Gasteiger partial charge >= 0.3 is 0 Å². The van der Waals surface area contributed by atoms with Crippen molar-refractivity contribution in [2.45, 2.75) is 50.9 Å². The Balaban J connectivity index is 1.76. The zero-order valence-electron chi connectivity index (χ0n) is 15.1. The second kappa shape index (κ2) is 6.81.